The van der Waals surface area contributed by atoms with Gasteiger partial charge in [0.25, 0.3) is 0 Å². The first kappa shape index (κ1) is 34.0. The lowest BCUT2D eigenvalue weighted by atomic mass is 9.96. The van der Waals surface area contributed by atoms with Gasteiger partial charge in [-0.1, -0.05) is 170 Å². The van der Waals surface area contributed by atoms with Gasteiger partial charge in [0.1, 0.15) is 0 Å². The highest BCUT2D eigenvalue weighted by molar-refractivity contribution is 6.16. The van der Waals surface area contributed by atoms with E-state index in [4.69, 9.17) is 9.97 Å². The van der Waals surface area contributed by atoms with E-state index in [0.717, 1.165) is 72.3 Å². The molecule has 12 rings (SSSR count). The SMILES string of the molecule is C1=Cc2cc(-c3cccc4c3c3ccccc3n4-c3nc(-c4ccc(-c5cccc6ccccc56)cc4)c4ccccc4n3)ccc2N(c2ccccc2)c2ccccc21. The summed E-state index contributed by atoms with van der Waals surface area (Å²) in [5.74, 6) is 0.645. The number of anilines is 3. The lowest BCUT2D eigenvalue weighted by Gasteiger charge is -2.27. The fourth-order valence-electron chi connectivity index (χ4n) is 9.20. The normalized spacial score (nSPS) is 12.2. The number of rotatable bonds is 5. The second kappa shape index (κ2) is 13.8. The minimum atomic E-state index is 0.645. The summed E-state index contributed by atoms with van der Waals surface area (Å²) in [6.45, 7) is 0. The number of nitrogens with zero attached hydrogens (tertiary/aromatic N) is 4. The topological polar surface area (TPSA) is 34.0 Å². The molecule has 1 aliphatic heterocycles. The molecule has 0 amide bonds. The molecule has 3 heterocycles. The van der Waals surface area contributed by atoms with E-state index in [1.54, 1.807) is 0 Å². The molecule has 0 spiro atoms. The number of para-hydroxylation sites is 4. The fraction of sp³-hybridized carbons (Fsp3) is 0. The highest BCUT2D eigenvalue weighted by atomic mass is 15.2. The summed E-state index contributed by atoms with van der Waals surface area (Å²) in [7, 11) is 0. The van der Waals surface area contributed by atoms with Crippen molar-refractivity contribution in [2.45, 2.75) is 0 Å². The molecule has 0 bridgehead atoms. The maximum atomic E-state index is 5.43. The van der Waals surface area contributed by atoms with E-state index >= 15 is 0 Å². The molecule has 280 valence electrons. The lowest BCUT2D eigenvalue weighted by Crippen LogP contribution is -2.11. The van der Waals surface area contributed by atoms with E-state index in [2.05, 4.69) is 228 Å². The summed E-state index contributed by atoms with van der Waals surface area (Å²) in [6.07, 6.45) is 4.49. The van der Waals surface area contributed by atoms with Gasteiger partial charge in [0.05, 0.1) is 33.6 Å². The van der Waals surface area contributed by atoms with Gasteiger partial charge in [0.2, 0.25) is 5.95 Å². The minimum Gasteiger partial charge on any atom is -0.309 e. The van der Waals surface area contributed by atoms with Crippen molar-refractivity contribution < 1.29 is 0 Å². The van der Waals surface area contributed by atoms with Gasteiger partial charge in [-0.25, -0.2) is 9.97 Å². The van der Waals surface area contributed by atoms with Crippen LogP contribution in [-0.2, 0) is 0 Å². The van der Waals surface area contributed by atoms with Gasteiger partial charge in [0, 0.05) is 27.4 Å². The highest BCUT2D eigenvalue weighted by Gasteiger charge is 2.23. The molecule has 0 saturated carbocycles. The second-order valence-electron chi connectivity index (χ2n) is 15.4. The molecule has 4 nitrogen and oxygen atoms in total. The molecule has 0 saturated heterocycles. The molecule has 60 heavy (non-hydrogen) atoms. The third kappa shape index (κ3) is 5.46. The monoisotopic (exact) mass is 764 g/mol. The summed E-state index contributed by atoms with van der Waals surface area (Å²) in [5.41, 5.74) is 15.5. The Hall–Kier alpha value is -8.08. The summed E-state index contributed by atoms with van der Waals surface area (Å²) < 4.78 is 2.24. The van der Waals surface area contributed by atoms with Gasteiger partial charge in [0.15, 0.2) is 0 Å². The number of benzene rings is 9. The third-order valence-corrected chi connectivity index (χ3v) is 12.0. The van der Waals surface area contributed by atoms with Crippen LogP contribution in [0.25, 0.3) is 95.1 Å². The number of hydrogen-bond donors (Lipinski definition) is 0. The van der Waals surface area contributed by atoms with Crippen molar-refractivity contribution in [3.05, 3.63) is 217 Å². The van der Waals surface area contributed by atoms with Gasteiger partial charge in [-0.15, -0.1) is 0 Å². The zero-order valence-electron chi connectivity index (χ0n) is 32.6. The first-order valence-corrected chi connectivity index (χ1v) is 20.4. The summed E-state index contributed by atoms with van der Waals surface area (Å²) in [6, 6.07) is 73.6. The Morgan fingerprint density at radius 3 is 1.92 bits per heavy atom. The molecule has 0 radical (unpaired) electrons. The summed E-state index contributed by atoms with van der Waals surface area (Å²) >= 11 is 0. The zero-order valence-corrected chi connectivity index (χ0v) is 32.6. The van der Waals surface area contributed by atoms with Gasteiger partial charge < -0.3 is 4.90 Å². The fourth-order valence-corrected chi connectivity index (χ4v) is 9.20. The largest absolute Gasteiger partial charge is 0.309 e. The predicted octanol–water partition coefficient (Wildman–Crippen LogP) is 14.8. The molecule has 9 aromatic carbocycles. The Balaban J connectivity index is 1.02. The molecule has 0 unspecified atom stereocenters. The summed E-state index contributed by atoms with van der Waals surface area (Å²) in [5, 5.41) is 5.83. The van der Waals surface area contributed by atoms with Crippen molar-refractivity contribution in [2.24, 2.45) is 0 Å². The molecule has 4 heteroatoms. The Morgan fingerprint density at radius 1 is 0.383 bits per heavy atom. The van der Waals surface area contributed by atoms with E-state index in [1.165, 1.54) is 32.8 Å². The van der Waals surface area contributed by atoms with Crippen molar-refractivity contribution >= 4 is 72.7 Å². The van der Waals surface area contributed by atoms with Crippen LogP contribution in [0.5, 0.6) is 0 Å². The van der Waals surface area contributed by atoms with Gasteiger partial charge in [-0.2, -0.15) is 0 Å². The van der Waals surface area contributed by atoms with Crippen molar-refractivity contribution in [1.29, 1.82) is 0 Å². The second-order valence-corrected chi connectivity index (χ2v) is 15.4. The molecule has 0 fully saturated rings. The Bertz CT molecular complexity index is 3480. The van der Waals surface area contributed by atoms with Crippen molar-refractivity contribution in [3.8, 4) is 39.5 Å². The molecule has 2 aromatic heterocycles. The Labute approximate surface area is 347 Å². The maximum Gasteiger partial charge on any atom is 0.235 e. The zero-order chi connectivity index (χ0) is 39.6. The van der Waals surface area contributed by atoms with Crippen LogP contribution in [0.3, 0.4) is 0 Å². The smallest absolute Gasteiger partial charge is 0.235 e. The van der Waals surface area contributed by atoms with Crippen LogP contribution in [-0.4, -0.2) is 14.5 Å². The Kier molecular flexibility index (Phi) is 7.82. The van der Waals surface area contributed by atoms with Gasteiger partial charge in [-0.3, -0.25) is 4.57 Å². The van der Waals surface area contributed by atoms with Crippen LogP contribution in [0, 0.1) is 0 Å². The van der Waals surface area contributed by atoms with Crippen LogP contribution < -0.4 is 4.90 Å². The molecule has 0 N–H and O–H groups in total. The van der Waals surface area contributed by atoms with Crippen molar-refractivity contribution in [3.63, 3.8) is 0 Å². The maximum absolute atomic E-state index is 5.43. The van der Waals surface area contributed by atoms with E-state index < -0.39 is 0 Å². The average molecular weight is 765 g/mol. The lowest BCUT2D eigenvalue weighted by molar-refractivity contribution is 1.01. The van der Waals surface area contributed by atoms with Gasteiger partial charge in [-0.05, 0) is 92.7 Å². The standard InChI is InChI=1S/C56H36N4/c1-2-17-43(18-3-1)59-50-25-10-5-15-39(50)30-33-42-36-41(34-35-51(42)59)46-23-13-27-53-54(46)48-21-8-11-26-52(48)60(53)56-57-49-24-9-7-20-47(49)55(58-56)40-31-28-38(29-32-40)45-22-12-16-37-14-4-6-19-44(37)45/h1-36H. The quantitative estimate of drug-likeness (QED) is 0.175. The minimum absolute atomic E-state index is 0.645. The molecule has 0 aliphatic carbocycles. The van der Waals surface area contributed by atoms with E-state index in [9.17, 15) is 0 Å². The summed E-state index contributed by atoms with van der Waals surface area (Å²) in [4.78, 5) is 13.1. The predicted molar refractivity (Wildman–Crippen MR) is 251 cm³/mol. The third-order valence-electron chi connectivity index (χ3n) is 12.0. The molecular weight excluding hydrogens is 729 g/mol. The number of hydrogen-bond acceptors (Lipinski definition) is 3. The Morgan fingerprint density at radius 2 is 1.02 bits per heavy atom. The van der Waals surface area contributed by atoms with Crippen LogP contribution in [0.1, 0.15) is 11.1 Å². The highest BCUT2D eigenvalue weighted by Crippen LogP contribution is 2.45. The van der Waals surface area contributed by atoms with E-state index in [1.807, 2.05) is 0 Å². The van der Waals surface area contributed by atoms with Crippen LogP contribution in [0.2, 0.25) is 0 Å². The molecule has 0 atom stereocenters. The van der Waals surface area contributed by atoms with Crippen molar-refractivity contribution in [2.75, 3.05) is 4.90 Å². The van der Waals surface area contributed by atoms with Crippen LogP contribution in [0.4, 0.5) is 17.1 Å². The number of fused-ring (bicyclic) bond motifs is 7. The van der Waals surface area contributed by atoms with Gasteiger partial charge >= 0.3 is 0 Å². The molecular formula is C56H36N4. The average Bonchev–Trinajstić information content (AvgIpc) is 3.56. The van der Waals surface area contributed by atoms with Crippen LogP contribution in [0.15, 0.2) is 206 Å². The molecule has 11 aromatic rings. The van der Waals surface area contributed by atoms with Crippen molar-refractivity contribution in [1.82, 2.24) is 14.5 Å². The van der Waals surface area contributed by atoms with E-state index in [-0.39, 0.29) is 0 Å². The first-order chi connectivity index (χ1) is 29.8. The first-order valence-electron chi connectivity index (χ1n) is 20.4. The van der Waals surface area contributed by atoms with Crippen LogP contribution >= 0.6 is 0 Å². The number of aromatic nitrogens is 3. The molecule has 1 aliphatic rings. The van der Waals surface area contributed by atoms with E-state index in [0.29, 0.717) is 5.95 Å².